The number of carboxylic acids is 1. The second-order valence-corrected chi connectivity index (χ2v) is 2.13. The van der Waals surface area contributed by atoms with Gasteiger partial charge in [-0.05, 0) is 0 Å². The van der Waals surface area contributed by atoms with Gasteiger partial charge in [-0.15, -0.1) is 12.4 Å². The summed E-state index contributed by atoms with van der Waals surface area (Å²) in [4.78, 5) is 10.1. The number of hydrogen-bond donors (Lipinski definition) is 2. The summed E-state index contributed by atoms with van der Waals surface area (Å²) in [6.07, 6.45) is 0. The molecule has 0 amide bonds. The van der Waals surface area contributed by atoms with Crippen LogP contribution in [-0.4, -0.2) is 40.2 Å². The van der Waals surface area contributed by atoms with Gasteiger partial charge >= 0.3 is 55.6 Å². The van der Waals surface area contributed by atoms with Gasteiger partial charge in [0.05, 0.1) is 0 Å². The zero-order valence-corrected chi connectivity index (χ0v) is 7.69. The summed E-state index contributed by atoms with van der Waals surface area (Å²) in [5.74, 6) is -0.798. The number of nitrogens with one attached hydrogen (secondary N) is 1. The van der Waals surface area contributed by atoms with Crippen molar-refractivity contribution in [1.29, 1.82) is 0 Å². The molecule has 0 aliphatic rings. The van der Waals surface area contributed by atoms with Gasteiger partial charge in [0, 0.05) is 0 Å². The van der Waals surface area contributed by atoms with Gasteiger partial charge in [-0.3, -0.25) is 0 Å². The maximum absolute atomic E-state index is 10.1. The summed E-state index contributed by atoms with van der Waals surface area (Å²) >= 11 is 2.23. The van der Waals surface area contributed by atoms with Crippen LogP contribution in [-0.2, 0) is 4.79 Å². The van der Waals surface area contributed by atoms with Gasteiger partial charge in [-0.1, -0.05) is 0 Å². The summed E-state index contributed by atoms with van der Waals surface area (Å²) < 4.78 is 0. The first kappa shape index (κ1) is 12.0. The Kier molecular flexibility index (Phi) is 8.46. The second-order valence-electron chi connectivity index (χ2n) is 1.36. The van der Waals surface area contributed by atoms with Crippen LogP contribution in [0.1, 0.15) is 0 Å². The van der Waals surface area contributed by atoms with E-state index in [1.807, 2.05) is 0 Å². The van der Waals surface area contributed by atoms with E-state index >= 15 is 0 Å². The SMILES string of the molecule is CN[C@@H](C[SeH])C(=O)O.Cl. The molecule has 0 aromatic rings. The van der Waals surface area contributed by atoms with E-state index in [1.54, 1.807) is 7.05 Å². The molecular weight excluding hydrogens is 208 g/mol. The summed E-state index contributed by atoms with van der Waals surface area (Å²) in [5, 5.41) is 11.5. The number of likely N-dealkylation sites (N-methyl/N-ethyl adjacent to an activating group) is 1. The van der Waals surface area contributed by atoms with E-state index in [4.69, 9.17) is 5.11 Å². The molecule has 3 nitrogen and oxygen atoms in total. The monoisotopic (exact) mass is 219 g/mol. The van der Waals surface area contributed by atoms with Crippen LogP contribution >= 0.6 is 12.4 Å². The average Bonchev–Trinajstić information content (AvgIpc) is 1.69. The van der Waals surface area contributed by atoms with Crippen LogP contribution in [0.4, 0.5) is 0 Å². The maximum atomic E-state index is 10.1. The maximum Gasteiger partial charge on any atom is -0.147 e. The van der Waals surface area contributed by atoms with E-state index in [0.29, 0.717) is 5.32 Å². The van der Waals surface area contributed by atoms with E-state index in [-0.39, 0.29) is 12.4 Å². The molecule has 0 rings (SSSR count). The third kappa shape index (κ3) is 4.72. The molecule has 0 aliphatic carbocycles. The van der Waals surface area contributed by atoms with E-state index in [1.165, 1.54) is 0 Å². The molecule has 0 spiro atoms. The molecule has 56 valence electrons. The Balaban J connectivity index is 0. The second kappa shape index (κ2) is 6.36. The van der Waals surface area contributed by atoms with Crippen LogP contribution in [0, 0.1) is 0 Å². The predicted octanol–water partition coefficient (Wildman–Crippen LogP) is -0.600. The number of carboxylic acid groups (broad SMARTS) is 1. The zero-order chi connectivity index (χ0) is 6.57. The van der Waals surface area contributed by atoms with Gasteiger partial charge in [0.1, 0.15) is 0 Å². The van der Waals surface area contributed by atoms with Gasteiger partial charge in [0.25, 0.3) is 0 Å². The Labute approximate surface area is 68.4 Å². The van der Waals surface area contributed by atoms with Crippen molar-refractivity contribution in [1.82, 2.24) is 5.32 Å². The number of hydrogen-bond acceptors (Lipinski definition) is 2. The molecule has 0 saturated carbocycles. The van der Waals surface area contributed by atoms with Crippen LogP contribution in [0.5, 0.6) is 0 Å². The van der Waals surface area contributed by atoms with Gasteiger partial charge in [-0.2, -0.15) is 0 Å². The molecule has 0 unspecified atom stereocenters. The van der Waals surface area contributed by atoms with Crippen LogP contribution in [0.15, 0.2) is 0 Å². The number of halogens is 1. The molecule has 0 heterocycles. The van der Waals surface area contributed by atoms with Crippen molar-refractivity contribution in [3.05, 3.63) is 0 Å². The predicted molar refractivity (Wildman–Crippen MR) is 39.7 cm³/mol. The molecule has 0 aromatic carbocycles. The molecule has 0 saturated heterocycles. The van der Waals surface area contributed by atoms with Crippen molar-refractivity contribution in [2.45, 2.75) is 11.4 Å². The first-order valence-electron chi connectivity index (χ1n) is 2.23. The first-order chi connectivity index (χ1) is 3.72. The molecule has 0 radical (unpaired) electrons. The Morgan fingerprint density at radius 2 is 2.33 bits per heavy atom. The Hall–Kier alpha value is 0.239. The van der Waals surface area contributed by atoms with E-state index in [9.17, 15) is 4.79 Å². The minimum absolute atomic E-state index is 0. The fourth-order valence-electron chi connectivity index (χ4n) is 0.293. The van der Waals surface area contributed by atoms with E-state index < -0.39 is 12.0 Å². The normalized spacial score (nSPS) is 11.8. The quantitative estimate of drug-likeness (QED) is 0.622. The summed E-state index contributed by atoms with van der Waals surface area (Å²) in [6.45, 7) is 0. The molecule has 0 fully saturated rings. The van der Waals surface area contributed by atoms with Crippen molar-refractivity contribution in [3.63, 3.8) is 0 Å². The molecule has 1 atom stereocenters. The van der Waals surface area contributed by atoms with Crippen molar-refractivity contribution in [2.75, 3.05) is 7.05 Å². The van der Waals surface area contributed by atoms with Gasteiger partial charge < -0.3 is 0 Å². The van der Waals surface area contributed by atoms with Crippen LogP contribution in [0.25, 0.3) is 0 Å². The van der Waals surface area contributed by atoms with Crippen LogP contribution in [0.3, 0.4) is 0 Å². The Morgan fingerprint density at radius 1 is 1.89 bits per heavy atom. The Morgan fingerprint density at radius 3 is 2.33 bits per heavy atom. The molecular formula is C4H10ClNO2Se. The summed E-state index contributed by atoms with van der Waals surface area (Å²) in [6, 6.07) is -0.407. The minimum atomic E-state index is -0.798. The Bertz CT molecular complexity index is 86.6. The third-order valence-corrected chi connectivity index (χ3v) is 1.60. The van der Waals surface area contributed by atoms with Gasteiger partial charge in [-0.25, -0.2) is 0 Å². The van der Waals surface area contributed by atoms with Crippen molar-refractivity contribution >= 4 is 34.4 Å². The molecule has 5 heteroatoms. The average molecular weight is 219 g/mol. The number of aliphatic carboxylic acids is 1. The van der Waals surface area contributed by atoms with E-state index in [0.717, 1.165) is 0 Å². The van der Waals surface area contributed by atoms with Crippen LogP contribution < -0.4 is 5.32 Å². The topological polar surface area (TPSA) is 49.3 Å². The molecule has 0 aliphatic heterocycles. The molecule has 0 bridgehead atoms. The number of rotatable bonds is 3. The summed E-state index contributed by atoms with van der Waals surface area (Å²) in [5.41, 5.74) is 0. The van der Waals surface area contributed by atoms with E-state index in [2.05, 4.69) is 21.3 Å². The minimum Gasteiger partial charge on any atom is -0.147 e. The third-order valence-electron chi connectivity index (χ3n) is 0.829. The fourth-order valence-corrected chi connectivity index (χ4v) is 1.00. The molecule has 2 N–H and O–H groups in total. The largest absolute Gasteiger partial charge is 0.147 e. The van der Waals surface area contributed by atoms with Crippen LogP contribution in [0.2, 0.25) is 5.32 Å². The fraction of sp³-hybridized carbons (Fsp3) is 0.750. The van der Waals surface area contributed by atoms with Crippen molar-refractivity contribution in [3.8, 4) is 0 Å². The number of carbonyl (C=O) groups is 1. The molecule has 9 heavy (non-hydrogen) atoms. The van der Waals surface area contributed by atoms with Crippen molar-refractivity contribution in [2.24, 2.45) is 0 Å². The molecule has 0 aromatic heterocycles. The first-order valence-corrected chi connectivity index (χ1v) is 3.56. The zero-order valence-electron chi connectivity index (χ0n) is 5.00. The smallest absolute Gasteiger partial charge is 0.147 e. The van der Waals surface area contributed by atoms with Gasteiger partial charge in [0.15, 0.2) is 0 Å². The van der Waals surface area contributed by atoms with Gasteiger partial charge in [0.2, 0.25) is 0 Å². The summed E-state index contributed by atoms with van der Waals surface area (Å²) in [7, 11) is 1.63. The standard InChI is InChI=1S/C4H9NO2Se.ClH/c1-5-3(2-8)4(6)7;/h3,5,8H,2H2,1H3,(H,6,7);1H/t3-;/m0./s1. The van der Waals surface area contributed by atoms with Crippen molar-refractivity contribution < 1.29 is 9.90 Å².